The first-order valence-electron chi connectivity index (χ1n) is 9.57. The van der Waals surface area contributed by atoms with E-state index in [9.17, 15) is 9.90 Å². The molecule has 5 heteroatoms. The molecule has 2 aromatic rings. The molecule has 4 rings (SSSR count). The number of aryl methyl sites for hydroxylation is 1. The second-order valence-corrected chi connectivity index (χ2v) is 8.33. The highest BCUT2D eigenvalue weighted by molar-refractivity contribution is 5.94. The van der Waals surface area contributed by atoms with Crippen molar-refractivity contribution in [2.45, 2.75) is 64.0 Å². The second kappa shape index (κ2) is 6.54. The number of carbonyl (C=O) groups is 1. The van der Waals surface area contributed by atoms with Crippen molar-refractivity contribution in [3.8, 4) is 0 Å². The van der Waals surface area contributed by atoms with Gasteiger partial charge in [0.15, 0.2) is 0 Å². The van der Waals surface area contributed by atoms with Crippen molar-refractivity contribution in [3.05, 3.63) is 52.3 Å². The van der Waals surface area contributed by atoms with E-state index in [4.69, 9.17) is 0 Å². The van der Waals surface area contributed by atoms with E-state index < -0.39 is 5.60 Å². The van der Waals surface area contributed by atoms with Crippen molar-refractivity contribution in [2.24, 2.45) is 0 Å². The monoisotopic (exact) mass is 353 g/mol. The lowest BCUT2D eigenvalue weighted by Crippen LogP contribution is -2.36. The smallest absolute Gasteiger partial charge is 0.254 e. The molecular weight excluding hydrogens is 326 g/mol. The first-order chi connectivity index (χ1) is 12.4. The predicted octanol–water partition coefficient (Wildman–Crippen LogP) is 3.19. The van der Waals surface area contributed by atoms with Crippen LogP contribution < -0.4 is 0 Å². The van der Waals surface area contributed by atoms with Crippen LogP contribution in [0.25, 0.3) is 0 Å². The second-order valence-electron chi connectivity index (χ2n) is 8.33. The van der Waals surface area contributed by atoms with Crippen LogP contribution >= 0.6 is 0 Å². The van der Waals surface area contributed by atoms with Gasteiger partial charge in [-0.25, -0.2) is 0 Å². The molecule has 26 heavy (non-hydrogen) atoms. The molecule has 1 aliphatic heterocycles. The first-order valence-corrected chi connectivity index (χ1v) is 9.57. The minimum atomic E-state index is -0.691. The average Bonchev–Trinajstić information content (AvgIpc) is 3.38. The number of rotatable bonds is 5. The van der Waals surface area contributed by atoms with E-state index >= 15 is 0 Å². The van der Waals surface area contributed by atoms with E-state index in [0.29, 0.717) is 18.9 Å². The number of aliphatic hydroxyl groups is 1. The molecule has 2 heterocycles. The van der Waals surface area contributed by atoms with Crippen molar-refractivity contribution in [1.82, 2.24) is 15.1 Å². The minimum Gasteiger partial charge on any atom is -0.390 e. The van der Waals surface area contributed by atoms with Crippen LogP contribution in [0.3, 0.4) is 0 Å². The van der Waals surface area contributed by atoms with Crippen LogP contribution in [-0.2, 0) is 19.4 Å². The van der Waals surface area contributed by atoms with Gasteiger partial charge in [-0.3, -0.25) is 9.89 Å². The summed E-state index contributed by atoms with van der Waals surface area (Å²) in [5.41, 5.74) is 4.76. The van der Waals surface area contributed by atoms with Crippen LogP contribution in [-0.4, -0.2) is 38.3 Å². The molecule has 2 N–H and O–H groups in total. The van der Waals surface area contributed by atoms with Crippen molar-refractivity contribution >= 4 is 5.91 Å². The number of aromatic amines is 1. The lowest BCUT2D eigenvalue weighted by Gasteiger charge is -2.27. The third kappa shape index (κ3) is 3.68. The molecule has 1 aromatic heterocycles. The number of benzene rings is 1. The lowest BCUT2D eigenvalue weighted by atomic mass is 9.97. The molecule has 1 amide bonds. The van der Waals surface area contributed by atoms with Crippen molar-refractivity contribution in [2.75, 3.05) is 6.54 Å². The molecule has 2 aliphatic rings. The fraction of sp³-hybridized carbons (Fsp3) is 0.524. The fourth-order valence-electron chi connectivity index (χ4n) is 3.68. The molecule has 1 saturated carbocycles. The highest BCUT2D eigenvalue weighted by Gasteiger charge is 2.33. The van der Waals surface area contributed by atoms with Gasteiger partial charge in [-0.15, -0.1) is 0 Å². The third-order valence-electron chi connectivity index (χ3n) is 5.42. The number of hydrogen-bond acceptors (Lipinski definition) is 3. The predicted molar refractivity (Wildman–Crippen MR) is 100 cm³/mol. The first kappa shape index (κ1) is 17.3. The maximum absolute atomic E-state index is 13.0. The van der Waals surface area contributed by atoms with Crippen LogP contribution in [0.5, 0.6) is 0 Å². The summed E-state index contributed by atoms with van der Waals surface area (Å²) in [6, 6.07) is 7.83. The van der Waals surface area contributed by atoms with E-state index in [1.807, 2.05) is 43.0 Å². The Morgan fingerprint density at radius 3 is 2.92 bits per heavy atom. The zero-order chi connectivity index (χ0) is 18.3. The molecule has 0 radical (unpaired) electrons. The number of carbonyl (C=O) groups excluding carboxylic acids is 1. The largest absolute Gasteiger partial charge is 0.390 e. The molecule has 1 aromatic carbocycles. The molecule has 1 fully saturated rings. The maximum Gasteiger partial charge on any atom is 0.254 e. The zero-order valence-electron chi connectivity index (χ0n) is 15.6. The molecular formula is C21H27N3O2. The van der Waals surface area contributed by atoms with E-state index in [0.717, 1.165) is 30.5 Å². The van der Waals surface area contributed by atoms with E-state index in [-0.39, 0.29) is 5.91 Å². The number of fused-ring (bicyclic) bond motifs is 1. The van der Waals surface area contributed by atoms with Gasteiger partial charge in [0.05, 0.1) is 11.3 Å². The molecule has 0 saturated heterocycles. The Balaban J connectivity index is 1.48. The summed E-state index contributed by atoms with van der Waals surface area (Å²) in [7, 11) is 0. The quantitative estimate of drug-likeness (QED) is 0.867. The Morgan fingerprint density at radius 2 is 2.19 bits per heavy atom. The Hall–Kier alpha value is -2.14. The van der Waals surface area contributed by atoms with Crippen LogP contribution in [0.2, 0.25) is 0 Å². The van der Waals surface area contributed by atoms with Crippen molar-refractivity contribution in [1.29, 1.82) is 0 Å². The fourth-order valence-corrected chi connectivity index (χ4v) is 3.68. The molecule has 138 valence electrons. The summed E-state index contributed by atoms with van der Waals surface area (Å²) >= 11 is 0. The van der Waals surface area contributed by atoms with E-state index in [2.05, 4.69) is 10.2 Å². The van der Waals surface area contributed by atoms with Gasteiger partial charge < -0.3 is 10.0 Å². The van der Waals surface area contributed by atoms with Crippen molar-refractivity contribution in [3.63, 3.8) is 0 Å². The maximum atomic E-state index is 13.0. The molecule has 0 bridgehead atoms. The summed E-state index contributed by atoms with van der Waals surface area (Å²) in [6.45, 7) is 5.02. The molecule has 0 unspecified atom stereocenters. The van der Waals surface area contributed by atoms with E-state index in [1.165, 1.54) is 29.8 Å². The van der Waals surface area contributed by atoms with Gasteiger partial charge in [-0.05, 0) is 57.2 Å². The Labute approximate surface area is 154 Å². The Morgan fingerprint density at radius 1 is 1.38 bits per heavy atom. The van der Waals surface area contributed by atoms with Gasteiger partial charge in [0, 0.05) is 42.2 Å². The Kier molecular flexibility index (Phi) is 4.35. The molecule has 1 aliphatic carbocycles. The van der Waals surface area contributed by atoms with Crippen LogP contribution in [0, 0.1) is 0 Å². The molecule has 5 nitrogen and oxygen atoms in total. The standard InChI is InChI=1S/C21H27N3O2/c1-21(2,26)10-8-14-4-3-5-16(12-14)20(25)24-11-9-18-17(13-24)19(23-22-18)15-6-7-15/h3-5,12,15,26H,6-11,13H2,1-2H3,(H,22,23). The van der Waals surface area contributed by atoms with Gasteiger partial charge in [-0.2, -0.15) is 5.10 Å². The summed E-state index contributed by atoms with van der Waals surface area (Å²) in [5, 5.41) is 17.6. The average molecular weight is 353 g/mol. The van der Waals surface area contributed by atoms with Gasteiger partial charge >= 0.3 is 0 Å². The summed E-state index contributed by atoms with van der Waals surface area (Å²) in [4.78, 5) is 15.0. The normalized spacial score (nSPS) is 17.3. The summed E-state index contributed by atoms with van der Waals surface area (Å²) < 4.78 is 0. The van der Waals surface area contributed by atoms with Crippen molar-refractivity contribution < 1.29 is 9.90 Å². The van der Waals surface area contributed by atoms with Gasteiger partial charge in [0.2, 0.25) is 0 Å². The minimum absolute atomic E-state index is 0.0868. The SMILES string of the molecule is CC(C)(O)CCc1cccc(C(=O)N2CCc3[nH]nc(C4CC4)c3C2)c1. The van der Waals surface area contributed by atoms with E-state index in [1.54, 1.807) is 0 Å². The molecule has 0 spiro atoms. The number of nitrogens with one attached hydrogen (secondary N) is 1. The van der Waals surface area contributed by atoms with Crippen LogP contribution in [0.1, 0.15) is 71.9 Å². The van der Waals surface area contributed by atoms with Crippen LogP contribution in [0.4, 0.5) is 0 Å². The number of amides is 1. The van der Waals surface area contributed by atoms with Crippen LogP contribution in [0.15, 0.2) is 24.3 Å². The highest BCUT2D eigenvalue weighted by Crippen LogP contribution is 2.42. The Bertz CT molecular complexity index is 815. The third-order valence-corrected chi connectivity index (χ3v) is 5.42. The number of hydrogen-bond donors (Lipinski definition) is 2. The number of nitrogens with zero attached hydrogens (tertiary/aromatic N) is 2. The highest BCUT2D eigenvalue weighted by atomic mass is 16.3. The molecule has 0 atom stereocenters. The van der Waals surface area contributed by atoms with Gasteiger partial charge in [0.1, 0.15) is 0 Å². The zero-order valence-corrected chi connectivity index (χ0v) is 15.6. The van der Waals surface area contributed by atoms with Gasteiger partial charge in [-0.1, -0.05) is 12.1 Å². The number of H-pyrrole nitrogens is 1. The topological polar surface area (TPSA) is 69.2 Å². The lowest BCUT2D eigenvalue weighted by molar-refractivity contribution is 0.0714. The van der Waals surface area contributed by atoms with Gasteiger partial charge in [0.25, 0.3) is 5.91 Å². The summed E-state index contributed by atoms with van der Waals surface area (Å²) in [6.07, 6.45) is 4.72. The summed E-state index contributed by atoms with van der Waals surface area (Å²) in [5.74, 6) is 0.680. The number of aromatic nitrogens is 2.